The number of carbonyl (C=O) groups is 1. The molecular weight excluding hydrogens is 184 g/mol. The molecule has 0 saturated carbocycles. The second-order valence-electron chi connectivity index (χ2n) is 3.18. The number of rotatable bonds is 3. The minimum Gasteiger partial charge on any atom is -0.467 e. The first-order chi connectivity index (χ1) is 6.54. The van der Waals surface area contributed by atoms with E-state index in [1.165, 1.54) is 7.11 Å². The average Bonchev–Trinajstić information content (AvgIpc) is 2.44. The minimum atomic E-state index is -1.13. The van der Waals surface area contributed by atoms with Gasteiger partial charge in [-0.1, -0.05) is 0 Å². The number of hydrogen-bond donors (Lipinski definition) is 1. The fourth-order valence-corrected chi connectivity index (χ4v) is 1.26. The number of methoxy groups -OCH3 is 1. The number of esters is 1. The molecule has 0 aliphatic carbocycles. The van der Waals surface area contributed by atoms with Gasteiger partial charge in [0.1, 0.15) is 0 Å². The summed E-state index contributed by atoms with van der Waals surface area (Å²) in [7, 11) is 3.04. The number of aromatic nitrogens is 2. The maximum absolute atomic E-state index is 10.9. The SMILES string of the molecule is COC(=O)C(O)Cc1nn(C)cc1C. The van der Waals surface area contributed by atoms with Crippen molar-refractivity contribution in [3.63, 3.8) is 0 Å². The molecule has 1 atom stereocenters. The van der Waals surface area contributed by atoms with Crippen LogP contribution >= 0.6 is 0 Å². The van der Waals surface area contributed by atoms with Crippen molar-refractivity contribution in [2.45, 2.75) is 19.4 Å². The highest BCUT2D eigenvalue weighted by Gasteiger charge is 2.18. The normalized spacial score (nSPS) is 12.6. The molecule has 0 aromatic carbocycles. The van der Waals surface area contributed by atoms with E-state index in [2.05, 4.69) is 9.84 Å². The van der Waals surface area contributed by atoms with Crippen LogP contribution in [0.5, 0.6) is 0 Å². The van der Waals surface area contributed by atoms with E-state index in [9.17, 15) is 9.90 Å². The monoisotopic (exact) mass is 198 g/mol. The third-order valence-corrected chi connectivity index (χ3v) is 1.97. The Morgan fingerprint density at radius 2 is 2.43 bits per heavy atom. The Hall–Kier alpha value is -1.36. The van der Waals surface area contributed by atoms with Crippen LogP contribution in [0.4, 0.5) is 0 Å². The lowest BCUT2D eigenvalue weighted by Gasteiger charge is -2.06. The van der Waals surface area contributed by atoms with Crippen LogP contribution in [-0.2, 0) is 23.0 Å². The molecule has 0 saturated heterocycles. The van der Waals surface area contributed by atoms with Gasteiger partial charge < -0.3 is 9.84 Å². The first-order valence-corrected chi connectivity index (χ1v) is 4.29. The van der Waals surface area contributed by atoms with Crippen molar-refractivity contribution in [2.75, 3.05) is 7.11 Å². The molecule has 0 spiro atoms. The predicted molar refractivity (Wildman–Crippen MR) is 49.7 cm³/mol. The smallest absolute Gasteiger partial charge is 0.335 e. The Morgan fingerprint density at radius 3 is 2.86 bits per heavy atom. The first kappa shape index (κ1) is 10.7. The topological polar surface area (TPSA) is 64.3 Å². The van der Waals surface area contributed by atoms with E-state index in [0.717, 1.165) is 5.56 Å². The Morgan fingerprint density at radius 1 is 1.79 bits per heavy atom. The van der Waals surface area contributed by atoms with Gasteiger partial charge in [0.2, 0.25) is 0 Å². The molecule has 1 aromatic heterocycles. The third-order valence-electron chi connectivity index (χ3n) is 1.97. The number of hydrogen-bond acceptors (Lipinski definition) is 4. The van der Waals surface area contributed by atoms with Gasteiger partial charge in [0.05, 0.1) is 12.8 Å². The number of carbonyl (C=O) groups excluding carboxylic acids is 1. The third kappa shape index (κ3) is 2.32. The van der Waals surface area contributed by atoms with Crippen LogP contribution in [0.15, 0.2) is 6.20 Å². The van der Waals surface area contributed by atoms with Crippen molar-refractivity contribution < 1.29 is 14.6 Å². The van der Waals surface area contributed by atoms with Crippen LogP contribution in [-0.4, -0.2) is 34.1 Å². The van der Waals surface area contributed by atoms with Crippen LogP contribution in [0.1, 0.15) is 11.3 Å². The van der Waals surface area contributed by atoms with Gasteiger partial charge >= 0.3 is 5.97 Å². The fourth-order valence-electron chi connectivity index (χ4n) is 1.26. The highest BCUT2D eigenvalue weighted by molar-refractivity contribution is 5.74. The molecule has 1 unspecified atom stereocenters. The van der Waals surface area contributed by atoms with E-state index in [1.807, 2.05) is 13.1 Å². The largest absolute Gasteiger partial charge is 0.467 e. The lowest BCUT2D eigenvalue weighted by atomic mass is 10.1. The molecule has 78 valence electrons. The van der Waals surface area contributed by atoms with E-state index < -0.39 is 12.1 Å². The van der Waals surface area contributed by atoms with Crippen molar-refractivity contribution in [1.29, 1.82) is 0 Å². The molecule has 1 heterocycles. The highest BCUT2D eigenvalue weighted by Crippen LogP contribution is 2.07. The van der Waals surface area contributed by atoms with E-state index in [0.29, 0.717) is 5.69 Å². The van der Waals surface area contributed by atoms with Gasteiger partial charge in [0, 0.05) is 19.7 Å². The number of aliphatic hydroxyl groups is 1. The van der Waals surface area contributed by atoms with E-state index in [1.54, 1.807) is 11.7 Å². The second-order valence-corrected chi connectivity index (χ2v) is 3.18. The quantitative estimate of drug-likeness (QED) is 0.683. The average molecular weight is 198 g/mol. The van der Waals surface area contributed by atoms with Crippen LogP contribution in [0, 0.1) is 6.92 Å². The zero-order valence-electron chi connectivity index (χ0n) is 8.52. The summed E-state index contributed by atoms with van der Waals surface area (Å²) in [5, 5.41) is 13.5. The van der Waals surface area contributed by atoms with Crippen molar-refractivity contribution in [3.8, 4) is 0 Å². The van der Waals surface area contributed by atoms with Crippen LogP contribution < -0.4 is 0 Å². The van der Waals surface area contributed by atoms with Gasteiger partial charge in [-0.25, -0.2) is 4.79 Å². The summed E-state index contributed by atoms with van der Waals surface area (Å²) in [4.78, 5) is 10.9. The highest BCUT2D eigenvalue weighted by atomic mass is 16.5. The molecule has 0 radical (unpaired) electrons. The van der Waals surface area contributed by atoms with Crippen molar-refractivity contribution in [3.05, 3.63) is 17.5 Å². The summed E-state index contributed by atoms with van der Waals surface area (Å²) in [5.41, 5.74) is 1.67. The number of ether oxygens (including phenoxy) is 1. The number of aryl methyl sites for hydroxylation is 2. The summed E-state index contributed by atoms with van der Waals surface area (Å²) >= 11 is 0. The summed E-state index contributed by atoms with van der Waals surface area (Å²) in [5.74, 6) is -0.630. The fraction of sp³-hybridized carbons (Fsp3) is 0.556. The van der Waals surface area contributed by atoms with E-state index in [-0.39, 0.29) is 6.42 Å². The minimum absolute atomic E-state index is 0.194. The van der Waals surface area contributed by atoms with Gasteiger partial charge in [-0.3, -0.25) is 4.68 Å². The molecule has 0 fully saturated rings. The Bertz CT molecular complexity index is 333. The lowest BCUT2D eigenvalue weighted by Crippen LogP contribution is -2.24. The number of aliphatic hydroxyl groups excluding tert-OH is 1. The van der Waals surface area contributed by atoms with Gasteiger partial charge in [-0.2, -0.15) is 5.10 Å². The maximum atomic E-state index is 10.9. The zero-order chi connectivity index (χ0) is 10.7. The molecule has 14 heavy (non-hydrogen) atoms. The van der Waals surface area contributed by atoms with Crippen LogP contribution in [0.2, 0.25) is 0 Å². The van der Waals surface area contributed by atoms with Crippen molar-refractivity contribution >= 4 is 5.97 Å². The van der Waals surface area contributed by atoms with E-state index in [4.69, 9.17) is 0 Å². The van der Waals surface area contributed by atoms with Crippen molar-refractivity contribution in [2.24, 2.45) is 7.05 Å². The zero-order valence-corrected chi connectivity index (χ0v) is 8.52. The Labute approximate surface area is 82.3 Å². The molecule has 0 aliphatic heterocycles. The Balaban J connectivity index is 2.69. The van der Waals surface area contributed by atoms with Crippen LogP contribution in [0.3, 0.4) is 0 Å². The summed E-state index contributed by atoms with van der Waals surface area (Å²) in [6, 6.07) is 0. The lowest BCUT2D eigenvalue weighted by molar-refractivity contribution is -0.150. The molecule has 0 aliphatic rings. The summed E-state index contributed by atoms with van der Waals surface area (Å²) in [6.45, 7) is 1.88. The molecule has 0 bridgehead atoms. The van der Waals surface area contributed by atoms with Gasteiger partial charge in [-0.15, -0.1) is 0 Å². The summed E-state index contributed by atoms with van der Waals surface area (Å²) < 4.78 is 6.05. The number of nitrogens with zero attached hydrogens (tertiary/aromatic N) is 2. The molecule has 1 aromatic rings. The second kappa shape index (κ2) is 4.23. The molecular formula is C9H14N2O3. The van der Waals surface area contributed by atoms with Gasteiger partial charge in [0.15, 0.2) is 6.10 Å². The Kier molecular flexibility index (Phi) is 3.24. The molecule has 5 nitrogen and oxygen atoms in total. The first-order valence-electron chi connectivity index (χ1n) is 4.29. The maximum Gasteiger partial charge on any atom is 0.335 e. The molecule has 0 amide bonds. The van der Waals surface area contributed by atoms with E-state index >= 15 is 0 Å². The van der Waals surface area contributed by atoms with Crippen molar-refractivity contribution in [1.82, 2.24) is 9.78 Å². The standard InChI is InChI=1S/C9H14N2O3/c1-6-5-11(2)10-7(6)4-8(12)9(13)14-3/h5,8,12H,4H2,1-3H3. The van der Waals surface area contributed by atoms with Gasteiger partial charge in [-0.05, 0) is 12.5 Å². The van der Waals surface area contributed by atoms with Crippen LogP contribution in [0.25, 0.3) is 0 Å². The van der Waals surface area contributed by atoms with Gasteiger partial charge in [0.25, 0.3) is 0 Å². The predicted octanol–water partition coefficient (Wildman–Crippen LogP) is -0.195. The molecule has 1 N–H and O–H groups in total. The summed E-state index contributed by atoms with van der Waals surface area (Å²) in [6.07, 6.45) is 0.896. The molecule has 5 heteroatoms. The molecule has 1 rings (SSSR count).